The molecule has 1 heterocycles. The van der Waals surface area contributed by atoms with Crippen molar-refractivity contribution in [3.8, 4) is 0 Å². The molecule has 1 N–H and O–H groups in total. The second kappa shape index (κ2) is 7.66. The number of nitrogens with one attached hydrogen (secondary N) is 1. The lowest BCUT2D eigenvalue weighted by Crippen LogP contribution is -2.28. The van der Waals surface area contributed by atoms with Crippen LogP contribution < -0.4 is 5.32 Å². The Labute approximate surface area is 118 Å². The fraction of sp³-hybridized carbons (Fsp3) is 0.647. The van der Waals surface area contributed by atoms with Gasteiger partial charge in [0.1, 0.15) is 0 Å². The maximum atomic E-state index is 3.31. The van der Waals surface area contributed by atoms with E-state index < -0.39 is 0 Å². The third-order valence-corrected chi connectivity index (χ3v) is 4.37. The molecule has 19 heavy (non-hydrogen) atoms. The first kappa shape index (κ1) is 14.5. The number of hydrogen-bond donors (Lipinski definition) is 1. The van der Waals surface area contributed by atoms with Gasteiger partial charge in [0.25, 0.3) is 0 Å². The summed E-state index contributed by atoms with van der Waals surface area (Å²) >= 11 is 0. The third-order valence-electron chi connectivity index (χ3n) is 4.37. The lowest BCUT2D eigenvalue weighted by molar-refractivity contribution is 0.278. The van der Waals surface area contributed by atoms with Crippen LogP contribution >= 0.6 is 0 Å². The monoisotopic (exact) mass is 260 g/mol. The van der Waals surface area contributed by atoms with Crippen LogP contribution in [0, 0.1) is 0 Å². The molecule has 0 saturated carbocycles. The summed E-state index contributed by atoms with van der Waals surface area (Å²) in [6.07, 6.45) is 6.42. The molecule has 2 nitrogen and oxygen atoms in total. The predicted molar refractivity (Wildman–Crippen MR) is 82.7 cm³/mol. The number of hydrogen-bond acceptors (Lipinski definition) is 2. The summed E-state index contributed by atoms with van der Waals surface area (Å²) < 4.78 is 0. The van der Waals surface area contributed by atoms with E-state index in [1.807, 2.05) is 0 Å². The maximum absolute atomic E-state index is 3.31. The van der Waals surface area contributed by atoms with Crippen molar-refractivity contribution in [3.63, 3.8) is 0 Å². The van der Waals surface area contributed by atoms with E-state index in [2.05, 4.69) is 48.5 Å². The first-order valence-corrected chi connectivity index (χ1v) is 7.76. The van der Waals surface area contributed by atoms with E-state index in [0.29, 0.717) is 6.04 Å². The topological polar surface area (TPSA) is 15.3 Å². The van der Waals surface area contributed by atoms with Gasteiger partial charge in [0.15, 0.2) is 0 Å². The zero-order valence-electron chi connectivity index (χ0n) is 12.5. The van der Waals surface area contributed by atoms with Gasteiger partial charge in [-0.25, -0.2) is 0 Å². The average molecular weight is 260 g/mol. The fourth-order valence-electron chi connectivity index (χ4n) is 2.87. The average Bonchev–Trinajstić information content (AvgIpc) is 2.66. The van der Waals surface area contributed by atoms with E-state index >= 15 is 0 Å². The van der Waals surface area contributed by atoms with Crippen LogP contribution in [0.4, 0.5) is 0 Å². The molecule has 0 radical (unpaired) electrons. The van der Waals surface area contributed by atoms with Gasteiger partial charge >= 0.3 is 0 Å². The van der Waals surface area contributed by atoms with Gasteiger partial charge in [-0.1, -0.05) is 30.7 Å². The number of benzene rings is 1. The van der Waals surface area contributed by atoms with Gasteiger partial charge in [0.2, 0.25) is 0 Å². The summed E-state index contributed by atoms with van der Waals surface area (Å²) in [5.74, 6) is 0. The maximum Gasteiger partial charge on any atom is 0.00357 e. The van der Waals surface area contributed by atoms with Crippen molar-refractivity contribution >= 4 is 0 Å². The summed E-state index contributed by atoms with van der Waals surface area (Å²) in [7, 11) is 2.05. The molecule has 1 aromatic carbocycles. The van der Waals surface area contributed by atoms with Gasteiger partial charge in [-0.15, -0.1) is 0 Å². The van der Waals surface area contributed by atoms with Crippen LogP contribution in [-0.4, -0.2) is 37.6 Å². The van der Waals surface area contributed by atoms with E-state index in [0.717, 1.165) is 0 Å². The van der Waals surface area contributed by atoms with Crippen LogP contribution in [0.2, 0.25) is 0 Å². The molecule has 2 heteroatoms. The molecule has 1 unspecified atom stereocenters. The highest BCUT2D eigenvalue weighted by Crippen LogP contribution is 2.16. The molecule has 0 bridgehead atoms. The molecule has 0 aliphatic carbocycles. The predicted octanol–water partition coefficient (Wildman–Crippen LogP) is 2.87. The van der Waals surface area contributed by atoms with Gasteiger partial charge in [0.05, 0.1) is 0 Å². The van der Waals surface area contributed by atoms with Crippen LogP contribution in [0.1, 0.15) is 37.3 Å². The lowest BCUT2D eigenvalue weighted by atomic mass is 10.0. The first-order valence-electron chi connectivity index (χ1n) is 7.76. The molecular weight excluding hydrogens is 232 g/mol. The Kier molecular flexibility index (Phi) is 5.87. The quantitative estimate of drug-likeness (QED) is 0.791. The van der Waals surface area contributed by atoms with E-state index in [1.54, 1.807) is 11.1 Å². The van der Waals surface area contributed by atoms with Crippen molar-refractivity contribution in [1.29, 1.82) is 0 Å². The SMILES string of the molecule is CNC(C)CCCCN1CCc2ccccc2CC1. The molecule has 106 valence electrons. The van der Waals surface area contributed by atoms with E-state index in [4.69, 9.17) is 0 Å². The molecule has 1 aliphatic rings. The molecule has 0 spiro atoms. The van der Waals surface area contributed by atoms with Gasteiger partial charge in [-0.2, -0.15) is 0 Å². The Morgan fingerprint density at radius 1 is 1.11 bits per heavy atom. The smallest absolute Gasteiger partial charge is 0.00357 e. The van der Waals surface area contributed by atoms with Crippen LogP contribution in [0.5, 0.6) is 0 Å². The number of fused-ring (bicyclic) bond motifs is 1. The van der Waals surface area contributed by atoms with E-state index in [1.165, 1.54) is 51.7 Å². The van der Waals surface area contributed by atoms with Gasteiger partial charge in [-0.3, -0.25) is 0 Å². The largest absolute Gasteiger partial charge is 0.317 e. The van der Waals surface area contributed by atoms with Crippen molar-refractivity contribution in [2.75, 3.05) is 26.7 Å². The highest BCUT2D eigenvalue weighted by Gasteiger charge is 2.12. The zero-order valence-corrected chi connectivity index (χ0v) is 12.5. The molecule has 0 saturated heterocycles. The van der Waals surface area contributed by atoms with Crippen LogP contribution in [-0.2, 0) is 12.8 Å². The van der Waals surface area contributed by atoms with Crippen molar-refractivity contribution in [2.45, 2.75) is 45.1 Å². The molecule has 0 aromatic heterocycles. The Hall–Kier alpha value is -0.860. The lowest BCUT2D eigenvalue weighted by Gasteiger charge is -2.20. The fourth-order valence-corrected chi connectivity index (χ4v) is 2.87. The summed E-state index contributed by atoms with van der Waals surface area (Å²) in [4.78, 5) is 2.64. The standard InChI is InChI=1S/C17H28N2/c1-15(18-2)7-5-6-12-19-13-10-16-8-3-4-9-17(16)11-14-19/h3-4,8-9,15,18H,5-7,10-14H2,1-2H3. The second-order valence-electron chi connectivity index (χ2n) is 5.80. The van der Waals surface area contributed by atoms with Crippen LogP contribution in [0.15, 0.2) is 24.3 Å². The normalized spacial score (nSPS) is 17.8. The van der Waals surface area contributed by atoms with Crippen molar-refractivity contribution in [3.05, 3.63) is 35.4 Å². The number of nitrogens with zero attached hydrogens (tertiary/aromatic N) is 1. The third kappa shape index (κ3) is 4.63. The molecule has 1 aliphatic heterocycles. The number of unbranched alkanes of at least 4 members (excludes halogenated alkanes) is 1. The Balaban J connectivity index is 1.70. The summed E-state index contributed by atoms with van der Waals surface area (Å²) in [5.41, 5.74) is 3.13. The minimum Gasteiger partial charge on any atom is -0.317 e. The minimum absolute atomic E-state index is 0.661. The van der Waals surface area contributed by atoms with E-state index in [-0.39, 0.29) is 0 Å². The first-order chi connectivity index (χ1) is 9.29. The molecular formula is C17H28N2. The second-order valence-corrected chi connectivity index (χ2v) is 5.80. The molecule has 0 fully saturated rings. The Morgan fingerprint density at radius 3 is 2.32 bits per heavy atom. The summed E-state index contributed by atoms with van der Waals surface area (Å²) in [5, 5.41) is 3.31. The Morgan fingerprint density at radius 2 is 1.74 bits per heavy atom. The number of rotatable bonds is 6. The van der Waals surface area contributed by atoms with Gasteiger partial charge in [0, 0.05) is 19.1 Å². The molecule has 0 amide bonds. The Bertz CT molecular complexity index is 348. The summed E-state index contributed by atoms with van der Waals surface area (Å²) in [6.45, 7) is 6.00. The van der Waals surface area contributed by atoms with Crippen LogP contribution in [0.3, 0.4) is 0 Å². The minimum atomic E-state index is 0.661. The molecule has 1 atom stereocenters. The van der Waals surface area contributed by atoms with Crippen molar-refractivity contribution < 1.29 is 0 Å². The zero-order chi connectivity index (χ0) is 13.5. The van der Waals surface area contributed by atoms with Gasteiger partial charge < -0.3 is 10.2 Å². The van der Waals surface area contributed by atoms with Crippen LogP contribution in [0.25, 0.3) is 0 Å². The highest BCUT2D eigenvalue weighted by molar-refractivity contribution is 5.28. The highest BCUT2D eigenvalue weighted by atomic mass is 15.1. The van der Waals surface area contributed by atoms with Gasteiger partial charge in [-0.05, 0) is 57.3 Å². The summed E-state index contributed by atoms with van der Waals surface area (Å²) in [6, 6.07) is 9.61. The molecule has 1 aromatic rings. The van der Waals surface area contributed by atoms with Crippen molar-refractivity contribution in [1.82, 2.24) is 10.2 Å². The molecule has 2 rings (SSSR count). The van der Waals surface area contributed by atoms with Crippen molar-refractivity contribution in [2.24, 2.45) is 0 Å². The van der Waals surface area contributed by atoms with E-state index in [9.17, 15) is 0 Å².